The second kappa shape index (κ2) is 8.97. The number of nitrogens with zero attached hydrogens (tertiary/aromatic N) is 3. The van der Waals surface area contributed by atoms with E-state index in [0.717, 1.165) is 60.4 Å². The molecule has 154 valence electrons. The van der Waals surface area contributed by atoms with Gasteiger partial charge < -0.3 is 15.0 Å². The van der Waals surface area contributed by atoms with Crippen molar-refractivity contribution in [2.75, 3.05) is 49.5 Å². The maximum absolute atomic E-state index is 13.3. The Balaban J connectivity index is 1.27. The quantitative estimate of drug-likeness (QED) is 0.618. The standard InChI is InChI=1S/C22H27FN4OS/c1-16(2)28-20-6-4-3-5-19(20)27-13-11-26(12-14-27)10-9-24-22-25-18-8-7-17(23)15-21(18)29-22/h3-8,15-16H,9-14H2,1-2H3,(H,24,25). The SMILES string of the molecule is CC(C)Oc1ccccc1N1CCN(CCNc2nc3ccc(F)cc3s2)CC1. The van der Waals surface area contributed by atoms with Gasteiger partial charge in [0.15, 0.2) is 5.13 Å². The number of aromatic nitrogens is 1. The number of hydrogen-bond donors (Lipinski definition) is 1. The van der Waals surface area contributed by atoms with Crippen molar-refractivity contribution in [2.45, 2.75) is 20.0 Å². The number of anilines is 2. The number of para-hydroxylation sites is 2. The number of fused-ring (bicyclic) bond motifs is 1. The van der Waals surface area contributed by atoms with Crippen molar-refractivity contribution in [3.63, 3.8) is 0 Å². The number of hydrogen-bond acceptors (Lipinski definition) is 6. The minimum atomic E-state index is -0.217. The fraction of sp³-hybridized carbons (Fsp3) is 0.409. The van der Waals surface area contributed by atoms with E-state index in [1.54, 1.807) is 6.07 Å². The van der Waals surface area contributed by atoms with E-state index in [9.17, 15) is 4.39 Å². The highest BCUT2D eigenvalue weighted by molar-refractivity contribution is 7.22. The molecule has 1 saturated heterocycles. The monoisotopic (exact) mass is 414 g/mol. The molecule has 1 aliphatic heterocycles. The maximum atomic E-state index is 13.3. The Kier molecular flexibility index (Phi) is 6.16. The van der Waals surface area contributed by atoms with Crippen molar-refractivity contribution in [3.05, 3.63) is 48.3 Å². The summed E-state index contributed by atoms with van der Waals surface area (Å²) in [6.07, 6.45) is 0.169. The number of nitrogens with one attached hydrogen (secondary N) is 1. The van der Waals surface area contributed by atoms with Gasteiger partial charge in [-0.3, -0.25) is 4.90 Å². The summed E-state index contributed by atoms with van der Waals surface area (Å²) in [5.74, 6) is 0.746. The summed E-state index contributed by atoms with van der Waals surface area (Å²) < 4.78 is 20.2. The molecule has 2 heterocycles. The molecule has 29 heavy (non-hydrogen) atoms. The molecule has 1 fully saturated rings. The lowest BCUT2D eigenvalue weighted by molar-refractivity contribution is 0.239. The maximum Gasteiger partial charge on any atom is 0.183 e. The smallest absolute Gasteiger partial charge is 0.183 e. The van der Waals surface area contributed by atoms with E-state index < -0.39 is 0 Å². The highest BCUT2D eigenvalue weighted by Gasteiger charge is 2.19. The Morgan fingerprint density at radius 1 is 1.14 bits per heavy atom. The van der Waals surface area contributed by atoms with Gasteiger partial charge in [-0.1, -0.05) is 23.5 Å². The third-order valence-corrected chi connectivity index (χ3v) is 5.97. The number of benzene rings is 2. The normalized spacial score (nSPS) is 15.2. The highest BCUT2D eigenvalue weighted by atomic mass is 32.1. The van der Waals surface area contributed by atoms with E-state index >= 15 is 0 Å². The largest absolute Gasteiger partial charge is 0.489 e. The predicted molar refractivity (Wildman–Crippen MR) is 119 cm³/mol. The fourth-order valence-corrected chi connectivity index (χ4v) is 4.50. The summed E-state index contributed by atoms with van der Waals surface area (Å²) >= 11 is 1.50. The van der Waals surface area contributed by atoms with Gasteiger partial charge in [-0.2, -0.15) is 0 Å². The first-order chi connectivity index (χ1) is 14.1. The highest BCUT2D eigenvalue weighted by Crippen LogP contribution is 2.30. The number of piperazine rings is 1. The minimum Gasteiger partial charge on any atom is -0.489 e. The third-order valence-electron chi connectivity index (χ3n) is 5.00. The van der Waals surface area contributed by atoms with E-state index in [1.807, 2.05) is 6.07 Å². The molecule has 2 aromatic carbocycles. The summed E-state index contributed by atoms with van der Waals surface area (Å²) in [6.45, 7) is 9.91. The van der Waals surface area contributed by atoms with Crippen LogP contribution in [0, 0.1) is 5.82 Å². The minimum absolute atomic E-state index is 0.169. The van der Waals surface area contributed by atoms with Gasteiger partial charge in [0.2, 0.25) is 0 Å². The van der Waals surface area contributed by atoms with Gasteiger partial charge in [0.25, 0.3) is 0 Å². The van der Waals surface area contributed by atoms with E-state index in [0.29, 0.717) is 0 Å². The van der Waals surface area contributed by atoms with E-state index in [-0.39, 0.29) is 11.9 Å². The molecule has 5 nitrogen and oxygen atoms in total. The summed E-state index contributed by atoms with van der Waals surface area (Å²) in [5.41, 5.74) is 2.02. The van der Waals surface area contributed by atoms with Gasteiger partial charge in [-0.15, -0.1) is 0 Å². The molecule has 1 aromatic heterocycles. The molecule has 0 bridgehead atoms. The molecule has 7 heteroatoms. The van der Waals surface area contributed by atoms with Gasteiger partial charge >= 0.3 is 0 Å². The Morgan fingerprint density at radius 2 is 1.93 bits per heavy atom. The molecular formula is C22H27FN4OS. The number of thiazole rings is 1. The van der Waals surface area contributed by atoms with Crippen molar-refractivity contribution in [1.82, 2.24) is 9.88 Å². The van der Waals surface area contributed by atoms with Gasteiger partial charge in [0.1, 0.15) is 11.6 Å². The molecule has 0 aliphatic carbocycles. The first-order valence-corrected chi connectivity index (χ1v) is 10.9. The van der Waals surface area contributed by atoms with Gasteiger partial charge in [0.05, 0.1) is 22.0 Å². The second-order valence-corrected chi connectivity index (χ2v) is 8.55. The van der Waals surface area contributed by atoms with E-state index in [1.165, 1.54) is 29.2 Å². The van der Waals surface area contributed by atoms with Crippen LogP contribution in [0.25, 0.3) is 10.2 Å². The Bertz CT molecular complexity index is 953. The lowest BCUT2D eigenvalue weighted by atomic mass is 10.2. The molecule has 0 unspecified atom stereocenters. The third kappa shape index (κ3) is 4.97. The first-order valence-electron chi connectivity index (χ1n) is 10.1. The van der Waals surface area contributed by atoms with Crippen LogP contribution in [0.2, 0.25) is 0 Å². The predicted octanol–water partition coefficient (Wildman–Crippen LogP) is 4.46. The van der Waals surface area contributed by atoms with Crippen LogP contribution in [0.15, 0.2) is 42.5 Å². The van der Waals surface area contributed by atoms with Crippen LogP contribution in [0.5, 0.6) is 5.75 Å². The summed E-state index contributed by atoms with van der Waals surface area (Å²) in [7, 11) is 0. The molecule has 0 radical (unpaired) electrons. The Morgan fingerprint density at radius 3 is 2.72 bits per heavy atom. The first kappa shape index (κ1) is 19.9. The molecule has 0 saturated carbocycles. The van der Waals surface area contributed by atoms with Crippen LogP contribution in [0.3, 0.4) is 0 Å². The summed E-state index contributed by atoms with van der Waals surface area (Å²) in [6, 6.07) is 13.0. The average Bonchev–Trinajstić information content (AvgIpc) is 3.10. The van der Waals surface area contributed by atoms with Crippen LogP contribution in [-0.4, -0.2) is 55.3 Å². The molecular weight excluding hydrogens is 387 g/mol. The zero-order valence-corrected chi connectivity index (χ0v) is 17.7. The molecule has 4 rings (SSSR count). The van der Waals surface area contributed by atoms with Crippen molar-refractivity contribution >= 4 is 32.4 Å². The lowest BCUT2D eigenvalue weighted by Gasteiger charge is -2.36. The van der Waals surface area contributed by atoms with E-state index in [4.69, 9.17) is 4.74 Å². The molecule has 3 aromatic rings. The Labute approximate surface area is 175 Å². The topological polar surface area (TPSA) is 40.6 Å². The van der Waals surface area contributed by atoms with Crippen LogP contribution in [0.1, 0.15) is 13.8 Å². The molecule has 1 aliphatic rings. The van der Waals surface area contributed by atoms with Crippen LogP contribution in [-0.2, 0) is 0 Å². The van der Waals surface area contributed by atoms with Crippen LogP contribution >= 0.6 is 11.3 Å². The summed E-state index contributed by atoms with van der Waals surface area (Å²) in [4.78, 5) is 9.39. The van der Waals surface area contributed by atoms with Gasteiger partial charge in [-0.25, -0.2) is 9.37 Å². The average molecular weight is 415 g/mol. The fourth-order valence-electron chi connectivity index (χ4n) is 3.58. The lowest BCUT2D eigenvalue weighted by Crippen LogP contribution is -2.47. The molecule has 1 N–H and O–H groups in total. The molecule has 0 amide bonds. The van der Waals surface area contributed by atoms with Crippen molar-refractivity contribution < 1.29 is 9.13 Å². The Hall–Kier alpha value is -2.38. The molecule has 0 atom stereocenters. The summed E-state index contributed by atoms with van der Waals surface area (Å²) in [5, 5.41) is 4.24. The van der Waals surface area contributed by atoms with Crippen molar-refractivity contribution in [3.8, 4) is 5.75 Å². The van der Waals surface area contributed by atoms with Gasteiger partial charge in [0, 0.05) is 39.3 Å². The number of rotatable bonds is 7. The van der Waals surface area contributed by atoms with Crippen molar-refractivity contribution in [2.24, 2.45) is 0 Å². The van der Waals surface area contributed by atoms with Crippen LogP contribution < -0.4 is 15.0 Å². The van der Waals surface area contributed by atoms with E-state index in [2.05, 4.69) is 52.1 Å². The number of ether oxygens (including phenoxy) is 1. The van der Waals surface area contributed by atoms with Gasteiger partial charge in [-0.05, 0) is 44.2 Å². The number of halogens is 1. The van der Waals surface area contributed by atoms with Crippen LogP contribution in [0.4, 0.5) is 15.2 Å². The zero-order chi connectivity index (χ0) is 20.2. The zero-order valence-electron chi connectivity index (χ0n) is 16.9. The molecule has 0 spiro atoms. The second-order valence-electron chi connectivity index (χ2n) is 7.52. The van der Waals surface area contributed by atoms with Crippen molar-refractivity contribution in [1.29, 1.82) is 0 Å².